The summed E-state index contributed by atoms with van der Waals surface area (Å²) >= 11 is 0. The van der Waals surface area contributed by atoms with Crippen LogP contribution in [0.3, 0.4) is 0 Å². The number of anilines is 2. The maximum Gasteiger partial charge on any atom is 0.344 e. The lowest BCUT2D eigenvalue weighted by atomic mass is 9.81. The van der Waals surface area contributed by atoms with E-state index in [1.54, 1.807) is 25.1 Å². The Labute approximate surface area is 159 Å². The SMILES string of the molecule is CCOC(=O)COc1ccc(N)c(N)c1C(=O)c1ccccc1C(C)(C)C. The molecular formula is C21H26N2O4. The molecule has 0 aliphatic rings. The first-order chi connectivity index (χ1) is 12.7. The molecule has 0 saturated carbocycles. The van der Waals surface area contributed by atoms with Crippen LogP contribution in [0.4, 0.5) is 11.4 Å². The summed E-state index contributed by atoms with van der Waals surface area (Å²) in [6.45, 7) is 7.71. The highest BCUT2D eigenvalue weighted by Gasteiger charge is 2.26. The van der Waals surface area contributed by atoms with Gasteiger partial charge in [0.2, 0.25) is 0 Å². The lowest BCUT2D eigenvalue weighted by Gasteiger charge is -2.23. The minimum absolute atomic E-state index is 0.130. The van der Waals surface area contributed by atoms with Crippen molar-refractivity contribution in [3.05, 3.63) is 53.1 Å². The van der Waals surface area contributed by atoms with Crippen LogP contribution in [-0.2, 0) is 14.9 Å². The van der Waals surface area contributed by atoms with Crippen LogP contribution in [0, 0.1) is 0 Å². The maximum atomic E-state index is 13.3. The average Bonchev–Trinajstić information content (AvgIpc) is 2.61. The van der Waals surface area contributed by atoms with Gasteiger partial charge < -0.3 is 20.9 Å². The Kier molecular flexibility index (Phi) is 6.10. The quantitative estimate of drug-likeness (QED) is 0.459. The molecule has 0 aliphatic heterocycles. The van der Waals surface area contributed by atoms with E-state index in [2.05, 4.69) is 0 Å². The van der Waals surface area contributed by atoms with Crippen molar-refractivity contribution >= 4 is 23.1 Å². The number of ether oxygens (including phenoxy) is 2. The molecule has 6 heteroatoms. The number of hydrogen-bond acceptors (Lipinski definition) is 6. The number of hydrogen-bond donors (Lipinski definition) is 2. The van der Waals surface area contributed by atoms with Crippen LogP contribution in [0.15, 0.2) is 36.4 Å². The molecule has 0 amide bonds. The molecule has 0 saturated heterocycles. The number of esters is 1. The topological polar surface area (TPSA) is 105 Å². The Hall–Kier alpha value is -3.02. The predicted octanol–water partition coefficient (Wildman–Crippen LogP) is 3.32. The van der Waals surface area contributed by atoms with E-state index >= 15 is 0 Å². The number of carbonyl (C=O) groups excluding carboxylic acids is 2. The third-order valence-corrected chi connectivity index (χ3v) is 4.10. The van der Waals surface area contributed by atoms with Crippen molar-refractivity contribution in [2.45, 2.75) is 33.1 Å². The molecule has 144 valence electrons. The van der Waals surface area contributed by atoms with Crippen molar-refractivity contribution in [1.82, 2.24) is 0 Å². The molecular weight excluding hydrogens is 344 g/mol. The van der Waals surface area contributed by atoms with Crippen molar-refractivity contribution in [3.63, 3.8) is 0 Å². The molecule has 0 heterocycles. The fourth-order valence-electron chi connectivity index (χ4n) is 2.78. The van der Waals surface area contributed by atoms with Gasteiger partial charge in [0, 0.05) is 5.56 Å². The molecule has 2 aromatic carbocycles. The maximum absolute atomic E-state index is 13.3. The molecule has 0 aromatic heterocycles. The molecule has 4 N–H and O–H groups in total. The van der Waals surface area contributed by atoms with Gasteiger partial charge in [0.05, 0.1) is 23.5 Å². The summed E-state index contributed by atoms with van der Waals surface area (Å²) in [5.74, 6) is -0.631. The number of benzene rings is 2. The lowest BCUT2D eigenvalue weighted by Crippen LogP contribution is -2.20. The number of nitrogen functional groups attached to an aromatic ring is 2. The largest absolute Gasteiger partial charge is 0.481 e. The standard InChI is InChI=1S/C21H26N2O4/c1-5-26-17(24)12-27-16-11-10-15(22)19(23)18(16)20(25)13-8-6-7-9-14(13)21(2,3)4/h6-11H,5,12,22-23H2,1-4H3. The predicted molar refractivity (Wildman–Crippen MR) is 106 cm³/mol. The summed E-state index contributed by atoms with van der Waals surface area (Å²) in [7, 11) is 0. The number of rotatable bonds is 6. The number of nitrogens with two attached hydrogens (primary N) is 2. The van der Waals surface area contributed by atoms with Crippen LogP contribution in [0.2, 0.25) is 0 Å². The van der Waals surface area contributed by atoms with Gasteiger partial charge in [-0.1, -0.05) is 45.0 Å². The van der Waals surface area contributed by atoms with E-state index < -0.39 is 5.97 Å². The second-order valence-electron chi connectivity index (χ2n) is 7.16. The van der Waals surface area contributed by atoms with Gasteiger partial charge in [-0.25, -0.2) is 4.79 Å². The Balaban J connectivity index is 2.50. The molecule has 0 atom stereocenters. The molecule has 27 heavy (non-hydrogen) atoms. The summed E-state index contributed by atoms with van der Waals surface area (Å²) in [6.07, 6.45) is 0. The van der Waals surface area contributed by atoms with Crippen molar-refractivity contribution in [3.8, 4) is 5.75 Å². The van der Waals surface area contributed by atoms with E-state index in [4.69, 9.17) is 20.9 Å². The van der Waals surface area contributed by atoms with Gasteiger partial charge >= 0.3 is 5.97 Å². The summed E-state index contributed by atoms with van der Waals surface area (Å²) in [6, 6.07) is 10.4. The molecule has 0 bridgehead atoms. The summed E-state index contributed by atoms with van der Waals surface area (Å²) in [4.78, 5) is 25.0. The lowest BCUT2D eigenvalue weighted by molar-refractivity contribution is -0.145. The van der Waals surface area contributed by atoms with Gasteiger partial charge in [0.25, 0.3) is 0 Å². The summed E-state index contributed by atoms with van der Waals surface area (Å²) < 4.78 is 10.4. The van der Waals surface area contributed by atoms with Gasteiger partial charge in [-0.2, -0.15) is 0 Å². The van der Waals surface area contributed by atoms with Gasteiger partial charge in [0.1, 0.15) is 5.75 Å². The molecule has 0 spiro atoms. The van der Waals surface area contributed by atoms with Crippen LogP contribution in [0.25, 0.3) is 0 Å². The molecule has 0 unspecified atom stereocenters. The van der Waals surface area contributed by atoms with Crippen molar-refractivity contribution in [2.24, 2.45) is 0 Å². The minimum atomic E-state index is -0.526. The fraction of sp³-hybridized carbons (Fsp3) is 0.333. The van der Waals surface area contributed by atoms with E-state index in [0.717, 1.165) is 5.56 Å². The zero-order valence-corrected chi connectivity index (χ0v) is 16.2. The first kappa shape index (κ1) is 20.3. The van der Waals surface area contributed by atoms with E-state index in [-0.39, 0.29) is 47.1 Å². The van der Waals surface area contributed by atoms with Crippen LogP contribution >= 0.6 is 0 Å². The molecule has 6 nitrogen and oxygen atoms in total. The normalized spacial score (nSPS) is 11.1. The molecule has 2 aromatic rings. The highest BCUT2D eigenvalue weighted by molar-refractivity contribution is 6.16. The van der Waals surface area contributed by atoms with E-state index in [0.29, 0.717) is 5.56 Å². The van der Waals surface area contributed by atoms with Crippen LogP contribution in [0.1, 0.15) is 49.2 Å². The van der Waals surface area contributed by atoms with Gasteiger partial charge in [-0.3, -0.25) is 4.79 Å². The highest BCUT2D eigenvalue weighted by atomic mass is 16.6. The molecule has 0 fully saturated rings. The van der Waals surface area contributed by atoms with Crippen LogP contribution in [0.5, 0.6) is 5.75 Å². The summed E-state index contributed by atoms with van der Waals surface area (Å²) in [5, 5.41) is 0. The minimum Gasteiger partial charge on any atom is -0.481 e. The second-order valence-corrected chi connectivity index (χ2v) is 7.16. The Bertz CT molecular complexity index is 854. The Morgan fingerprint density at radius 2 is 1.70 bits per heavy atom. The van der Waals surface area contributed by atoms with Gasteiger partial charge in [0.15, 0.2) is 12.4 Å². The zero-order valence-electron chi connectivity index (χ0n) is 16.2. The highest BCUT2D eigenvalue weighted by Crippen LogP contribution is 2.34. The number of carbonyl (C=O) groups is 2. The van der Waals surface area contributed by atoms with Crippen LogP contribution in [-0.4, -0.2) is 25.0 Å². The Morgan fingerprint density at radius 1 is 1.04 bits per heavy atom. The van der Waals surface area contributed by atoms with E-state index in [1.165, 1.54) is 6.07 Å². The van der Waals surface area contributed by atoms with Crippen molar-refractivity contribution in [1.29, 1.82) is 0 Å². The third kappa shape index (κ3) is 4.58. The molecule has 0 radical (unpaired) electrons. The smallest absolute Gasteiger partial charge is 0.344 e. The number of ketones is 1. The van der Waals surface area contributed by atoms with E-state index in [1.807, 2.05) is 32.9 Å². The summed E-state index contributed by atoms with van der Waals surface area (Å²) in [5.41, 5.74) is 13.7. The second kappa shape index (κ2) is 8.12. The first-order valence-corrected chi connectivity index (χ1v) is 8.77. The fourth-order valence-corrected chi connectivity index (χ4v) is 2.78. The molecule has 0 aliphatic carbocycles. The third-order valence-electron chi connectivity index (χ3n) is 4.10. The Morgan fingerprint density at radius 3 is 2.33 bits per heavy atom. The van der Waals surface area contributed by atoms with Crippen molar-refractivity contribution < 1.29 is 19.1 Å². The zero-order chi connectivity index (χ0) is 20.2. The van der Waals surface area contributed by atoms with E-state index in [9.17, 15) is 9.59 Å². The van der Waals surface area contributed by atoms with Crippen molar-refractivity contribution in [2.75, 3.05) is 24.7 Å². The van der Waals surface area contributed by atoms with Gasteiger partial charge in [-0.15, -0.1) is 0 Å². The first-order valence-electron chi connectivity index (χ1n) is 8.77. The average molecular weight is 370 g/mol. The van der Waals surface area contributed by atoms with Crippen LogP contribution < -0.4 is 16.2 Å². The monoisotopic (exact) mass is 370 g/mol. The van der Waals surface area contributed by atoms with Gasteiger partial charge in [-0.05, 0) is 30.0 Å². The molecule has 2 rings (SSSR count).